The zero-order valence-electron chi connectivity index (χ0n) is 10.2. The molecule has 0 heterocycles. The van der Waals surface area contributed by atoms with Crippen molar-refractivity contribution in [3.63, 3.8) is 0 Å². The molecule has 0 fully saturated rings. The summed E-state index contributed by atoms with van der Waals surface area (Å²) in [5.74, 6) is -0.357. The zero-order chi connectivity index (χ0) is 14.5. The number of carbonyl (C=O) groups is 1. The van der Waals surface area contributed by atoms with Crippen LogP contribution in [-0.2, 0) is 19.6 Å². The molecule has 0 aromatic heterocycles. The average molecular weight is 415 g/mol. The number of esters is 1. The van der Waals surface area contributed by atoms with E-state index in [4.69, 9.17) is 0 Å². The van der Waals surface area contributed by atoms with E-state index in [1.54, 1.807) is 12.1 Å². The van der Waals surface area contributed by atoms with Gasteiger partial charge in [-0.2, -0.15) is 0 Å². The lowest BCUT2D eigenvalue weighted by atomic mass is 10.3. The third-order valence-corrected chi connectivity index (χ3v) is 5.19. The first kappa shape index (κ1) is 16.6. The predicted molar refractivity (Wildman–Crippen MR) is 78.3 cm³/mol. The Balaban J connectivity index is 2.63. The number of hydrogen-bond acceptors (Lipinski definition) is 4. The molecule has 0 atom stereocenters. The summed E-state index contributed by atoms with van der Waals surface area (Å²) in [4.78, 5) is 11.0. The summed E-state index contributed by atoms with van der Waals surface area (Å²) >= 11 is 6.46. The summed E-state index contributed by atoms with van der Waals surface area (Å²) in [5.41, 5.74) is 0. The molecule has 0 aliphatic rings. The maximum atomic E-state index is 12.0. The number of sulfonamides is 1. The SMILES string of the molecule is COC(=O)CCCNS(=O)(=O)c1ccc(Br)cc1Br. The lowest BCUT2D eigenvalue weighted by Gasteiger charge is -2.08. The number of hydrogen-bond donors (Lipinski definition) is 1. The Bertz CT molecular complexity index is 560. The maximum Gasteiger partial charge on any atom is 0.305 e. The molecule has 1 rings (SSSR count). The van der Waals surface area contributed by atoms with Gasteiger partial charge in [0.05, 0.1) is 12.0 Å². The van der Waals surface area contributed by atoms with Crippen LogP contribution in [0.15, 0.2) is 32.0 Å². The minimum atomic E-state index is -3.58. The molecule has 1 aromatic rings. The van der Waals surface area contributed by atoms with Crippen molar-refractivity contribution in [2.24, 2.45) is 0 Å². The van der Waals surface area contributed by atoms with Crippen molar-refractivity contribution in [3.05, 3.63) is 27.1 Å². The van der Waals surface area contributed by atoms with Crippen LogP contribution in [0, 0.1) is 0 Å². The first-order valence-electron chi connectivity index (χ1n) is 5.38. The molecular formula is C11H13Br2NO4S. The number of ether oxygens (including phenoxy) is 1. The van der Waals surface area contributed by atoms with E-state index in [0.29, 0.717) is 10.9 Å². The minimum absolute atomic E-state index is 0.161. The van der Waals surface area contributed by atoms with Gasteiger partial charge in [0.2, 0.25) is 10.0 Å². The molecule has 5 nitrogen and oxygen atoms in total. The average Bonchev–Trinajstić information content (AvgIpc) is 2.33. The van der Waals surface area contributed by atoms with Crippen molar-refractivity contribution in [1.82, 2.24) is 4.72 Å². The minimum Gasteiger partial charge on any atom is -0.469 e. The van der Waals surface area contributed by atoms with E-state index in [1.807, 2.05) is 0 Å². The fourth-order valence-corrected chi connectivity index (χ4v) is 4.13. The van der Waals surface area contributed by atoms with E-state index >= 15 is 0 Å². The molecule has 106 valence electrons. The zero-order valence-corrected chi connectivity index (χ0v) is 14.1. The van der Waals surface area contributed by atoms with Crippen molar-refractivity contribution in [3.8, 4) is 0 Å². The highest BCUT2D eigenvalue weighted by molar-refractivity contribution is 9.11. The highest BCUT2D eigenvalue weighted by Gasteiger charge is 2.17. The maximum absolute atomic E-state index is 12.0. The second kappa shape index (κ2) is 7.37. The number of methoxy groups -OCH3 is 1. The van der Waals surface area contributed by atoms with Gasteiger partial charge in [0.25, 0.3) is 0 Å². The van der Waals surface area contributed by atoms with Crippen LogP contribution in [-0.4, -0.2) is 28.0 Å². The van der Waals surface area contributed by atoms with Crippen LogP contribution in [0.1, 0.15) is 12.8 Å². The Hall–Kier alpha value is -0.440. The Morgan fingerprint density at radius 3 is 2.63 bits per heavy atom. The quantitative estimate of drug-likeness (QED) is 0.573. The van der Waals surface area contributed by atoms with E-state index in [9.17, 15) is 13.2 Å². The Labute approximate surface area is 129 Å². The molecule has 1 aromatic carbocycles. The second-order valence-corrected chi connectivity index (χ2v) is 7.16. The second-order valence-electron chi connectivity index (χ2n) is 3.65. The molecule has 0 saturated carbocycles. The van der Waals surface area contributed by atoms with E-state index in [0.717, 1.165) is 4.47 Å². The first-order valence-corrected chi connectivity index (χ1v) is 8.45. The summed E-state index contributed by atoms with van der Waals surface area (Å²) in [6, 6.07) is 4.80. The number of carbonyl (C=O) groups excluding carboxylic acids is 1. The lowest BCUT2D eigenvalue weighted by molar-refractivity contribution is -0.140. The van der Waals surface area contributed by atoms with E-state index in [-0.39, 0.29) is 23.8 Å². The van der Waals surface area contributed by atoms with Gasteiger partial charge in [0.15, 0.2) is 0 Å². The standard InChI is InChI=1S/C11H13Br2NO4S/c1-18-11(15)3-2-6-14-19(16,17)10-5-4-8(12)7-9(10)13/h4-5,7,14H,2-3,6H2,1H3. The van der Waals surface area contributed by atoms with Crippen molar-refractivity contribution < 1.29 is 17.9 Å². The van der Waals surface area contributed by atoms with Gasteiger partial charge in [-0.05, 0) is 40.5 Å². The molecule has 0 aliphatic heterocycles. The van der Waals surface area contributed by atoms with E-state index < -0.39 is 10.0 Å². The highest BCUT2D eigenvalue weighted by atomic mass is 79.9. The number of nitrogens with one attached hydrogen (secondary N) is 1. The van der Waals surface area contributed by atoms with Crippen LogP contribution in [0.5, 0.6) is 0 Å². The fraction of sp³-hybridized carbons (Fsp3) is 0.364. The Morgan fingerprint density at radius 1 is 1.37 bits per heavy atom. The largest absolute Gasteiger partial charge is 0.469 e. The molecule has 0 saturated heterocycles. The molecule has 0 amide bonds. The van der Waals surface area contributed by atoms with Gasteiger partial charge >= 0.3 is 5.97 Å². The van der Waals surface area contributed by atoms with Crippen LogP contribution < -0.4 is 4.72 Å². The molecule has 1 N–H and O–H groups in total. The van der Waals surface area contributed by atoms with Gasteiger partial charge in [-0.15, -0.1) is 0 Å². The summed E-state index contributed by atoms with van der Waals surface area (Å²) in [5, 5.41) is 0. The predicted octanol–water partition coefficient (Wildman–Crippen LogP) is 2.44. The highest BCUT2D eigenvalue weighted by Crippen LogP contribution is 2.25. The Morgan fingerprint density at radius 2 is 2.05 bits per heavy atom. The smallest absolute Gasteiger partial charge is 0.305 e. The van der Waals surface area contributed by atoms with Gasteiger partial charge in [0, 0.05) is 21.9 Å². The van der Waals surface area contributed by atoms with E-state index in [1.165, 1.54) is 13.2 Å². The van der Waals surface area contributed by atoms with Crippen LogP contribution in [0.4, 0.5) is 0 Å². The van der Waals surface area contributed by atoms with Gasteiger partial charge in [-0.25, -0.2) is 13.1 Å². The molecule has 0 bridgehead atoms. The van der Waals surface area contributed by atoms with E-state index in [2.05, 4.69) is 41.3 Å². The number of benzene rings is 1. The number of halogens is 2. The van der Waals surface area contributed by atoms with Gasteiger partial charge in [0.1, 0.15) is 0 Å². The first-order chi connectivity index (χ1) is 8.86. The van der Waals surface area contributed by atoms with Crippen LogP contribution >= 0.6 is 31.9 Å². The van der Waals surface area contributed by atoms with Crippen LogP contribution in [0.25, 0.3) is 0 Å². The summed E-state index contributed by atoms with van der Waals surface area (Å²) in [6.45, 7) is 0.180. The van der Waals surface area contributed by atoms with Gasteiger partial charge in [-0.3, -0.25) is 4.79 Å². The summed E-state index contributed by atoms with van der Waals surface area (Å²) < 4.78 is 32.2. The normalized spacial score (nSPS) is 11.3. The van der Waals surface area contributed by atoms with Gasteiger partial charge in [-0.1, -0.05) is 15.9 Å². The molecule has 19 heavy (non-hydrogen) atoms. The third-order valence-electron chi connectivity index (χ3n) is 2.26. The molecule has 0 aliphatic carbocycles. The molecule has 8 heteroatoms. The van der Waals surface area contributed by atoms with Crippen LogP contribution in [0.3, 0.4) is 0 Å². The monoisotopic (exact) mass is 413 g/mol. The fourth-order valence-electron chi connectivity index (χ4n) is 1.31. The lowest BCUT2D eigenvalue weighted by Crippen LogP contribution is -2.25. The molecule has 0 radical (unpaired) electrons. The number of rotatable bonds is 6. The molecule has 0 spiro atoms. The van der Waals surface area contributed by atoms with Crippen LogP contribution in [0.2, 0.25) is 0 Å². The van der Waals surface area contributed by atoms with Gasteiger partial charge < -0.3 is 4.74 Å². The summed E-state index contributed by atoms with van der Waals surface area (Å²) in [6.07, 6.45) is 0.570. The topological polar surface area (TPSA) is 72.5 Å². The van der Waals surface area contributed by atoms with Crippen molar-refractivity contribution in [2.75, 3.05) is 13.7 Å². The van der Waals surface area contributed by atoms with Crippen molar-refractivity contribution in [2.45, 2.75) is 17.7 Å². The third kappa shape index (κ3) is 5.21. The molecule has 0 unspecified atom stereocenters. The Kier molecular flexibility index (Phi) is 6.45. The molecular weight excluding hydrogens is 402 g/mol. The summed E-state index contributed by atoms with van der Waals surface area (Å²) in [7, 11) is -2.29. The van der Waals surface area contributed by atoms with Crippen molar-refractivity contribution in [1.29, 1.82) is 0 Å². The van der Waals surface area contributed by atoms with Crippen molar-refractivity contribution >= 4 is 47.9 Å².